The molecule has 2 aliphatic rings. The fourth-order valence-corrected chi connectivity index (χ4v) is 3.26. The van der Waals surface area contributed by atoms with E-state index in [1.165, 1.54) is 51.7 Å². The third-order valence-corrected chi connectivity index (χ3v) is 4.61. The summed E-state index contributed by atoms with van der Waals surface area (Å²) in [6.45, 7) is 13.2. The summed E-state index contributed by atoms with van der Waals surface area (Å²) in [7, 11) is 0. The summed E-state index contributed by atoms with van der Waals surface area (Å²) in [4.78, 5) is 2.73. The molecule has 100 valence electrons. The van der Waals surface area contributed by atoms with Crippen LogP contribution in [0.1, 0.15) is 59.8 Å². The van der Waals surface area contributed by atoms with Gasteiger partial charge in [-0.05, 0) is 38.1 Å². The average molecular weight is 238 g/mol. The Labute approximate surface area is 107 Å². The fourth-order valence-electron chi connectivity index (χ4n) is 3.26. The number of nitrogens with one attached hydrogen (secondary N) is 1. The van der Waals surface area contributed by atoms with Crippen LogP contribution in [0.3, 0.4) is 0 Å². The van der Waals surface area contributed by atoms with Crippen LogP contribution in [0, 0.1) is 5.41 Å². The van der Waals surface area contributed by atoms with Gasteiger partial charge in [-0.2, -0.15) is 0 Å². The van der Waals surface area contributed by atoms with Crippen molar-refractivity contribution >= 4 is 0 Å². The van der Waals surface area contributed by atoms with Crippen LogP contribution >= 0.6 is 0 Å². The standard InChI is InChI=1S/C15H30N2/c1-13-11-16-15(7-5-6-8-15)12-17(13)10-9-14(2,3)4/h13,16H,5-12H2,1-4H3. The van der Waals surface area contributed by atoms with Gasteiger partial charge < -0.3 is 5.32 Å². The fraction of sp³-hybridized carbons (Fsp3) is 1.00. The van der Waals surface area contributed by atoms with E-state index in [1.807, 2.05) is 0 Å². The van der Waals surface area contributed by atoms with Crippen LogP contribution in [-0.2, 0) is 0 Å². The molecule has 1 heterocycles. The molecule has 2 heteroatoms. The van der Waals surface area contributed by atoms with Crippen molar-refractivity contribution in [1.29, 1.82) is 0 Å². The van der Waals surface area contributed by atoms with Gasteiger partial charge in [0.05, 0.1) is 0 Å². The third kappa shape index (κ3) is 3.45. The quantitative estimate of drug-likeness (QED) is 0.795. The van der Waals surface area contributed by atoms with Crippen LogP contribution < -0.4 is 5.32 Å². The highest BCUT2D eigenvalue weighted by molar-refractivity contribution is 5.00. The monoisotopic (exact) mass is 238 g/mol. The maximum Gasteiger partial charge on any atom is 0.0309 e. The third-order valence-electron chi connectivity index (χ3n) is 4.61. The van der Waals surface area contributed by atoms with E-state index >= 15 is 0 Å². The van der Waals surface area contributed by atoms with Crippen LogP contribution in [0.25, 0.3) is 0 Å². The molecule has 1 aliphatic heterocycles. The van der Waals surface area contributed by atoms with E-state index in [-0.39, 0.29) is 0 Å². The van der Waals surface area contributed by atoms with E-state index in [4.69, 9.17) is 0 Å². The van der Waals surface area contributed by atoms with Gasteiger partial charge >= 0.3 is 0 Å². The number of nitrogens with zero attached hydrogens (tertiary/aromatic N) is 1. The highest BCUT2D eigenvalue weighted by Gasteiger charge is 2.39. The molecule has 1 atom stereocenters. The maximum absolute atomic E-state index is 3.83. The first kappa shape index (κ1) is 13.4. The van der Waals surface area contributed by atoms with Gasteiger partial charge in [-0.3, -0.25) is 4.90 Å². The zero-order valence-corrected chi connectivity index (χ0v) is 12.2. The van der Waals surface area contributed by atoms with E-state index in [0.717, 1.165) is 0 Å². The molecule has 1 saturated heterocycles. The minimum Gasteiger partial charge on any atom is -0.308 e. The molecule has 0 aromatic heterocycles. The first-order chi connectivity index (χ1) is 7.90. The van der Waals surface area contributed by atoms with E-state index in [0.29, 0.717) is 17.0 Å². The molecule has 1 saturated carbocycles. The van der Waals surface area contributed by atoms with Gasteiger partial charge in [-0.25, -0.2) is 0 Å². The molecule has 2 rings (SSSR count). The van der Waals surface area contributed by atoms with Crippen LogP contribution in [0.4, 0.5) is 0 Å². The lowest BCUT2D eigenvalue weighted by Gasteiger charge is -2.46. The lowest BCUT2D eigenvalue weighted by molar-refractivity contribution is 0.0788. The minimum absolute atomic E-state index is 0.466. The Hall–Kier alpha value is -0.0800. The molecule has 1 N–H and O–H groups in total. The van der Waals surface area contributed by atoms with Crippen molar-refractivity contribution in [3.63, 3.8) is 0 Å². The first-order valence-electron chi connectivity index (χ1n) is 7.39. The van der Waals surface area contributed by atoms with Crippen LogP contribution in [0.15, 0.2) is 0 Å². The number of hydrogen-bond acceptors (Lipinski definition) is 2. The maximum atomic E-state index is 3.83. The summed E-state index contributed by atoms with van der Waals surface area (Å²) in [5.41, 5.74) is 0.942. The zero-order chi connectivity index (χ0) is 12.5. The summed E-state index contributed by atoms with van der Waals surface area (Å²) in [5.74, 6) is 0. The Balaban J connectivity index is 1.91. The van der Waals surface area contributed by atoms with Crippen LogP contribution in [-0.4, -0.2) is 36.1 Å². The molecule has 2 fully saturated rings. The summed E-state index contributed by atoms with van der Waals surface area (Å²) in [6.07, 6.45) is 6.95. The normalized spacial score (nSPS) is 30.0. The van der Waals surface area contributed by atoms with Gasteiger partial charge in [-0.15, -0.1) is 0 Å². The largest absolute Gasteiger partial charge is 0.308 e. The summed E-state index contributed by atoms with van der Waals surface area (Å²) < 4.78 is 0. The molecular formula is C15H30N2. The molecule has 17 heavy (non-hydrogen) atoms. The Morgan fingerprint density at radius 1 is 1.24 bits per heavy atom. The van der Waals surface area contributed by atoms with E-state index in [9.17, 15) is 0 Å². The van der Waals surface area contributed by atoms with Crippen molar-refractivity contribution in [2.75, 3.05) is 19.6 Å². The predicted octanol–water partition coefficient (Wildman–Crippen LogP) is 3.03. The average Bonchev–Trinajstić information content (AvgIpc) is 2.68. The molecule has 0 amide bonds. The lowest BCUT2D eigenvalue weighted by Crippen LogP contribution is -2.62. The topological polar surface area (TPSA) is 15.3 Å². The van der Waals surface area contributed by atoms with Crippen molar-refractivity contribution in [2.24, 2.45) is 5.41 Å². The van der Waals surface area contributed by atoms with Gasteiger partial charge in [0.2, 0.25) is 0 Å². The van der Waals surface area contributed by atoms with Gasteiger partial charge in [0.1, 0.15) is 0 Å². The van der Waals surface area contributed by atoms with Gasteiger partial charge in [-0.1, -0.05) is 33.6 Å². The Morgan fingerprint density at radius 2 is 1.88 bits per heavy atom. The number of hydrogen-bond donors (Lipinski definition) is 1. The lowest BCUT2D eigenvalue weighted by atomic mass is 9.89. The van der Waals surface area contributed by atoms with Crippen molar-refractivity contribution in [3.05, 3.63) is 0 Å². The predicted molar refractivity (Wildman–Crippen MR) is 74.3 cm³/mol. The minimum atomic E-state index is 0.466. The SMILES string of the molecule is CC1CNC2(CCCC2)CN1CCC(C)(C)C. The molecule has 2 nitrogen and oxygen atoms in total. The molecule has 1 unspecified atom stereocenters. The van der Waals surface area contributed by atoms with Crippen molar-refractivity contribution in [1.82, 2.24) is 10.2 Å². The van der Waals surface area contributed by atoms with Gasteiger partial charge in [0.15, 0.2) is 0 Å². The molecule has 1 aliphatic carbocycles. The van der Waals surface area contributed by atoms with Crippen LogP contribution in [0.5, 0.6) is 0 Å². The van der Waals surface area contributed by atoms with Crippen molar-refractivity contribution < 1.29 is 0 Å². The molecule has 0 aromatic carbocycles. The summed E-state index contributed by atoms with van der Waals surface area (Å²) >= 11 is 0. The second kappa shape index (κ2) is 4.89. The molecule has 0 bridgehead atoms. The van der Waals surface area contributed by atoms with Crippen LogP contribution in [0.2, 0.25) is 0 Å². The van der Waals surface area contributed by atoms with Crippen molar-refractivity contribution in [3.8, 4) is 0 Å². The van der Waals surface area contributed by atoms with E-state index in [2.05, 4.69) is 37.9 Å². The second-order valence-electron chi connectivity index (χ2n) is 7.50. The molecule has 0 aromatic rings. The van der Waals surface area contributed by atoms with Gasteiger partial charge in [0, 0.05) is 24.7 Å². The van der Waals surface area contributed by atoms with E-state index in [1.54, 1.807) is 0 Å². The van der Waals surface area contributed by atoms with Gasteiger partial charge in [0.25, 0.3) is 0 Å². The Kier molecular flexibility index (Phi) is 3.84. The van der Waals surface area contributed by atoms with Crippen molar-refractivity contribution in [2.45, 2.75) is 71.4 Å². The highest BCUT2D eigenvalue weighted by Crippen LogP contribution is 2.33. The second-order valence-corrected chi connectivity index (χ2v) is 7.50. The number of piperazine rings is 1. The Morgan fingerprint density at radius 3 is 2.47 bits per heavy atom. The number of rotatable bonds is 2. The molecular weight excluding hydrogens is 208 g/mol. The Bertz CT molecular complexity index is 248. The first-order valence-corrected chi connectivity index (χ1v) is 7.39. The molecule has 0 radical (unpaired) electrons. The summed E-state index contributed by atoms with van der Waals surface area (Å²) in [6, 6.07) is 0.712. The molecule has 1 spiro atoms. The highest BCUT2D eigenvalue weighted by atomic mass is 15.2. The van der Waals surface area contributed by atoms with E-state index < -0.39 is 0 Å². The smallest absolute Gasteiger partial charge is 0.0309 e. The summed E-state index contributed by atoms with van der Waals surface area (Å²) in [5, 5.41) is 3.83. The zero-order valence-electron chi connectivity index (χ0n) is 12.2.